The fourth-order valence-electron chi connectivity index (χ4n) is 1.87. The summed E-state index contributed by atoms with van der Waals surface area (Å²) in [6.45, 7) is 1.72. The predicted octanol–water partition coefficient (Wildman–Crippen LogP) is 0.00600. The van der Waals surface area contributed by atoms with Crippen LogP contribution >= 0.6 is 0 Å². The molecule has 0 unspecified atom stereocenters. The number of nitrogens with zero attached hydrogens (tertiary/aromatic N) is 1. The van der Waals surface area contributed by atoms with Crippen LogP contribution in [0, 0.1) is 0 Å². The Bertz CT molecular complexity index is 149. The molecule has 0 aromatic heterocycles. The SMILES string of the molecule is O=CN1CC[C@H]2OCC[C@H]21. The summed E-state index contributed by atoms with van der Waals surface area (Å²) in [4.78, 5) is 12.3. The lowest BCUT2D eigenvalue weighted by molar-refractivity contribution is -0.118. The molecule has 2 heterocycles. The summed E-state index contributed by atoms with van der Waals surface area (Å²) in [5, 5.41) is 0. The van der Waals surface area contributed by atoms with E-state index in [4.69, 9.17) is 4.74 Å². The lowest BCUT2D eigenvalue weighted by atomic mass is 10.1. The van der Waals surface area contributed by atoms with Gasteiger partial charge in [0.15, 0.2) is 0 Å². The summed E-state index contributed by atoms with van der Waals surface area (Å²) in [5.41, 5.74) is 0. The summed E-state index contributed by atoms with van der Waals surface area (Å²) in [5.74, 6) is 0. The Labute approximate surface area is 60.0 Å². The van der Waals surface area contributed by atoms with Gasteiger partial charge in [-0.15, -0.1) is 0 Å². The highest BCUT2D eigenvalue weighted by atomic mass is 16.5. The van der Waals surface area contributed by atoms with Crippen LogP contribution in [0.15, 0.2) is 0 Å². The Morgan fingerprint density at radius 1 is 1.50 bits per heavy atom. The average Bonchev–Trinajstić information content (AvgIpc) is 2.44. The molecule has 0 radical (unpaired) electrons. The molecule has 0 spiro atoms. The first kappa shape index (κ1) is 6.16. The maximum Gasteiger partial charge on any atom is 0.210 e. The van der Waals surface area contributed by atoms with E-state index < -0.39 is 0 Å². The molecule has 2 saturated heterocycles. The highest BCUT2D eigenvalue weighted by Gasteiger charge is 2.37. The van der Waals surface area contributed by atoms with E-state index >= 15 is 0 Å². The van der Waals surface area contributed by atoms with Crippen LogP contribution in [0.3, 0.4) is 0 Å². The molecule has 10 heavy (non-hydrogen) atoms. The number of likely N-dealkylation sites (tertiary alicyclic amines) is 1. The van der Waals surface area contributed by atoms with Gasteiger partial charge in [-0.1, -0.05) is 0 Å². The van der Waals surface area contributed by atoms with E-state index in [1.165, 1.54) is 0 Å². The Balaban J connectivity index is 2.07. The molecule has 1 amide bonds. The Morgan fingerprint density at radius 3 is 3.20 bits per heavy atom. The molecule has 2 fully saturated rings. The third kappa shape index (κ3) is 0.736. The number of rotatable bonds is 1. The first-order chi connectivity index (χ1) is 4.92. The van der Waals surface area contributed by atoms with E-state index in [0.29, 0.717) is 12.1 Å². The largest absolute Gasteiger partial charge is 0.376 e. The minimum atomic E-state index is 0.352. The maximum atomic E-state index is 10.4. The zero-order chi connectivity index (χ0) is 6.97. The Morgan fingerprint density at radius 2 is 2.40 bits per heavy atom. The molecule has 0 aromatic rings. The lowest BCUT2D eigenvalue weighted by Gasteiger charge is -2.15. The molecule has 2 aliphatic rings. The van der Waals surface area contributed by atoms with Gasteiger partial charge < -0.3 is 9.64 Å². The molecule has 3 nitrogen and oxygen atoms in total. The summed E-state index contributed by atoms with van der Waals surface area (Å²) < 4.78 is 5.41. The highest BCUT2D eigenvalue weighted by Crippen LogP contribution is 2.27. The number of carbonyl (C=O) groups is 1. The minimum Gasteiger partial charge on any atom is -0.376 e. The van der Waals surface area contributed by atoms with E-state index in [-0.39, 0.29) is 0 Å². The van der Waals surface area contributed by atoms with E-state index in [0.717, 1.165) is 32.4 Å². The molecule has 0 aromatic carbocycles. The molecule has 0 bridgehead atoms. The standard InChI is InChI=1S/C7H11NO2/c9-5-8-3-1-7-6(8)2-4-10-7/h5-7H,1-4H2/t6-,7-/m1/s1. The second-order valence-corrected chi connectivity index (χ2v) is 2.90. The third-order valence-corrected chi connectivity index (χ3v) is 2.41. The second-order valence-electron chi connectivity index (χ2n) is 2.90. The van der Waals surface area contributed by atoms with E-state index in [2.05, 4.69) is 0 Å². The van der Waals surface area contributed by atoms with Gasteiger partial charge in [0.1, 0.15) is 0 Å². The number of fused-ring (bicyclic) bond motifs is 1. The number of ether oxygens (including phenoxy) is 1. The molecule has 2 aliphatic heterocycles. The minimum absolute atomic E-state index is 0.352. The van der Waals surface area contributed by atoms with Crippen molar-refractivity contribution in [3.63, 3.8) is 0 Å². The number of hydrogen-bond donors (Lipinski definition) is 0. The van der Waals surface area contributed by atoms with Crippen LogP contribution in [0.5, 0.6) is 0 Å². The molecule has 0 aliphatic carbocycles. The fraction of sp³-hybridized carbons (Fsp3) is 0.857. The van der Waals surface area contributed by atoms with Gasteiger partial charge in [-0.05, 0) is 12.8 Å². The second kappa shape index (κ2) is 2.23. The van der Waals surface area contributed by atoms with Crippen molar-refractivity contribution in [3.05, 3.63) is 0 Å². The van der Waals surface area contributed by atoms with Crippen molar-refractivity contribution in [2.75, 3.05) is 13.2 Å². The smallest absolute Gasteiger partial charge is 0.210 e. The summed E-state index contributed by atoms with van der Waals surface area (Å²) in [6.07, 6.45) is 3.36. The first-order valence-electron chi connectivity index (χ1n) is 3.74. The van der Waals surface area contributed by atoms with Crippen molar-refractivity contribution < 1.29 is 9.53 Å². The maximum absolute atomic E-state index is 10.4. The van der Waals surface area contributed by atoms with Crippen LogP contribution in [-0.4, -0.2) is 36.6 Å². The highest BCUT2D eigenvalue weighted by molar-refractivity contribution is 5.48. The summed E-state index contributed by atoms with van der Waals surface area (Å²) in [6, 6.07) is 0.400. The molecule has 2 atom stereocenters. The van der Waals surface area contributed by atoms with Crippen molar-refractivity contribution in [1.82, 2.24) is 4.90 Å². The van der Waals surface area contributed by atoms with Gasteiger partial charge in [-0.3, -0.25) is 4.79 Å². The van der Waals surface area contributed by atoms with Crippen LogP contribution in [0.25, 0.3) is 0 Å². The Hall–Kier alpha value is -0.570. The van der Waals surface area contributed by atoms with Gasteiger partial charge in [0.25, 0.3) is 0 Å². The molecular weight excluding hydrogens is 130 g/mol. The van der Waals surface area contributed by atoms with Crippen molar-refractivity contribution in [1.29, 1.82) is 0 Å². The van der Waals surface area contributed by atoms with Crippen LogP contribution in [0.2, 0.25) is 0 Å². The van der Waals surface area contributed by atoms with Gasteiger partial charge in [0, 0.05) is 13.2 Å². The molecule has 0 saturated carbocycles. The van der Waals surface area contributed by atoms with Crippen LogP contribution < -0.4 is 0 Å². The molecule has 56 valence electrons. The molecular formula is C7H11NO2. The van der Waals surface area contributed by atoms with Gasteiger partial charge in [0.2, 0.25) is 6.41 Å². The van der Waals surface area contributed by atoms with Crippen molar-refractivity contribution >= 4 is 6.41 Å². The van der Waals surface area contributed by atoms with Gasteiger partial charge in [-0.25, -0.2) is 0 Å². The molecule has 3 heteroatoms. The monoisotopic (exact) mass is 141 g/mol. The van der Waals surface area contributed by atoms with Gasteiger partial charge in [0.05, 0.1) is 12.1 Å². The van der Waals surface area contributed by atoms with Crippen LogP contribution in [-0.2, 0) is 9.53 Å². The number of carbonyl (C=O) groups excluding carboxylic acids is 1. The summed E-state index contributed by atoms with van der Waals surface area (Å²) in [7, 11) is 0. The number of hydrogen-bond acceptors (Lipinski definition) is 2. The zero-order valence-corrected chi connectivity index (χ0v) is 5.82. The summed E-state index contributed by atoms with van der Waals surface area (Å²) >= 11 is 0. The molecule has 0 N–H and O–H groups in total. The van der Waals surface area contributed by atoms with Gasteiger partial charge in [-0.2, -0.15) is 0 Å². The predicted molar refractivity (Wildman–Crippen MR) is 35.5 cm³/mol. The molecule has 2 rings (SSSR count). The normalized spacial score (nSPS) is 38.2. The van der Waals surface area contributed by atoms with Crippen LogP contribution in [0.4, 0.5) is 0 Å². The quantitative estimate of drug-likeness (QED) is 0.481. The average molecular weight is 141 g/mol. The van der Waals surface area contributed by atoms with Gasteiger partial charge >= 0.3 is 0 Å². The third-order valence-electron chi connectivity index (χ3n) is 2.41. The van der Waals surface area contributed by atoms with Crippen molar-refractivity contribution in [2.24, 2.45) is 0 Å². The zero-order valence-electron chi connectivity index (χ0n) is 5.82. The van der Waals surface area contributed by atoms with E-state index in [9.17, 15) is 4.79 Å². The van der Waals surface area contributed by atoms with Crippen molar-refractivity contribution in [3.8, 4) is 0 Å². The van der Waals surface area contributed by atoms with Crippen LogP contribution in [0.1, 0.15) is 12.8 Å². The van der Waals surface area contributed by atoms with E-state index in [1.54, 1.807) is 0 Å². The van der Waals surface area contributed by atoms with E-state index in [1.807, 2.05) is 4.90 Å². The first-order valence-corrected chi connectivity index (χ1v) is 3.74. The number of amides is 1. The van der Waals surface area contributed by atoms with Crippen molar-refractivity contribution in [2.45, 2.75) is 25.0 Å². The fourth-order valence-corrected chi connectivity index (χ4v) is 1.87. The topological polar surface area (TPSA) is 29.5 Å². The lowest BCUT2D eigenvalue weighted by Crippen LogP contribution is -2.30. The Kier molecular flexibility index (Phi) is 1.38.